The van der Waals surface area contributed by atoms with Crippen LogP contribution >= 0.6 is 0 Å². The number of carbonyl (C=O) groups is 3. The van der Waals surface area contributed by atoms with Gasteiger partial charge in [0, 0.05) is 17.5 Å². The second-order valence-corrected chi connectivity index (χ2v) is 6.35. The highest BCUT2D eigenvalue weighted by atomic mass is 16.5. The van der Waals surface area contributed by atoms with E-state index in [1.165, 1.54) is 0 Å². The Morgan fingerprint density at radius 2 is 1.75 bits per heavy atom. The van der Waals surface area contributed by atoms with Crippen LogP contribution in [0.15, 0.2) is 24.3 Å². The molecule has 7 heteroatoms. The van der Waals surface area contributed by atoms with E-state index in [0.717, 1.165) is 0 Å². The van der Waals surface area contributed by atoms with Crippen molar-refractivity contribution in [1.82, 2.24) is 5.32 Å². The molecule has 1 rings (SSSR count). The van der Waals surface area contributed by atoms with Crippen molar-refractivity contribution in [2.75, 3.05) is 18.5 Å². The molecule has 2 amide bonds. The van der Waals surface area contributed by atoms with Gasteiger partial charge in [0.05, 0.1) is 13.2 Å². The zero-order valence-electron chi connectivity index (χ0n) is 14.2. The van der Waals surface area contributed by atoms with Gasteiger partial charge in [-0.05, 0) is 30.7 Å². The van der Waals surface area contributed by atoms with Crippen LogP contribution in [0.2, 0.25) is 0 Å². The molecule has 0 radical (unpaired) electrons. The maximum Gasteiger partial charge on any atom is 0.303 e. The maximum absolute atomic E-state index is 11.8. The molecule has 0 bridgehead atoms. The standard InChI is InChI=1S/C17H24N2O5/c1-17(2,3)16(23)18-11-14(20)19-12-6-8-13(9-7-12)24-10-4-5-15(21)22/h6-9H,4-5,10-11H2,1-3H3,(H,18,23)(H,19,20)(H,21,22). The molecule has 24 heavy (non-hydrogen) atoms. The predicted molar refractivity (Wildman–Crippen MR) is 89.9 cm³/mol. The summed E-state index contributed by atoms with van der Waals surface area (Å²) in [5.74, 6) is -0.764. The number of aliphatic carboxylic acids is 1. The maximum atomic E-state index is 11.8. The molecule has 0 spiro atoms. The fourth-order valence-electron chi connectivity index (χ4n) is 1.68. The van der Waals surface area contributed by atoms with Gasteiger partial charge >= 0.3 is 5.97 Å². The number of rotatable bonds is 8. The van der Waals surface area contributed by atoms with Crippen LogP contribution in [0, 0.1) is 5.41 Å². The van der Waals surface area contributed by atoms with Crippen LogP contribution in [0.3, 0.4) is 0 Å². The van der Waals surface area contributed by atoms with Crippen LogP contribution in [0.4, 0.5) is 5.69 Å². The summed E-state index contributed by atoms with van der Waals surface area (Å²) in [5.41, 5.74) is 0.0443. The summed E-state index contributed by atoms with van der Waals surface area (Å²) in [6.07, 6.45) is 0.496. The van der Waals surface area contributed by atoms with Crippen molar-refractivity contribution in [3.63, 3.8) is 0 Å². The van der Waals surface area contributed by atoms with Crippen molar-refractivity contribution >= 4 is 23.5 Å². The van der Waals surface area contributed by atoms with Gasteiger partial charge in [0.1, 0.15) is 5.75 Å². The Morgan fingerprint density at radius 3 is 2.29 bits per heavy atom. The lowest BCUT2D eigenvalue weighted by Gasteiger charge is -2.17. The Kier molecular flexibility index (Phi) is 7.23. The average molecular weight is 336 g/mol. The van der Waals surface area contributed by atoms with Gasteiger partial charge in [-0.25, -0.2) is 0 Å². The number of nitrogens with one attached hydrogen (secondary N) is 2. The number of hydrogen-bond donors (Lipinski definition) is 3. The number of anilines is 1. The van der Waals surface area contributed by atoms with Gasteiger partial charge < -0.3 is 20.5 Å². The highest BCUT2D eigenvalue weighted by Crippen LogP contribution is 2.16. The molecule has 3 N–H and O–H groups in total. The fourth-order valence-corrected chi connectivity index (χ4v) is 1.68. The van der Waals surface area contributed by atoms with Crippen LogP contribution in [0.5, 0.6) is 5.75 Å². The average Bonchev–Trinajstić information content (AvgIpc) is 2.49. The first-order valence-electron chi connectivity index (χ1n) is 7.71. The molecule has 0 aromatic heterocycles. The highest BCUT2D eigenvalue weighted by Gasteiger charge is 2.21. The van der Waals surface area contributed by atoms with E-state index in [9.17, 15) is 14.4 Å². The summed E-state index contributed by atoms with van der Waals surface area (Å²) in [5, 5.41) is 13.8. The van der Waals surface area contributed by atoms with E-state index in [-0.39, 0.29) is 24.8 Å². The lowest BCUT2D eigenvalue weighted by Crippen LogP contribution is -2.39. The Balaban J connectivity index is 2.37. The van der Waals surface area contributed by atoms with Crippen LogP contribution in [-0.4, -0.2) is 36.0 Å². The summed E-state index contributed by atoms with van der Waals surface area (Å²) in [6.45, 7) is 5.54. The molecule has 0 heterocycles. The Morgan fingerprint density at radius 1 is 1.12 bits per heavy atom. The van der Waals surface area contributed by atoms with E-state index in [1.807, 2.05) is 0 Å². The second-order valence-electron chi connectivity index (χ2n) is 6.35. The predicted octanol–water partition coefficient (Wildman–Crippen LogP) is 2.03. The van der Waals surface area contributed by atoms with Crippen molar-refractivity contribution in [2.45, 2.75) is 33.6 Å². The number of carboxylic acids is 1. The molecular weight excluding hydrogens is 312 g/mol. The zero-order valence-corrected chi connectivity index (χ0v) is 14.2. The molecular formula is C17H24N2O5. The molecule has 0 saturated carbocycles. The third kappa shape index (κ3) is 7.62. The summed E-state index contributed by atoms with van der Waals surface area (Å²) in [6, 6.07) is 6.72. The van der Waals surface area contributed by atoms with Crippen LogP contribution in [0.1, 0.15) is 33.6 Å². The number of ether oxygens (including phenoxy) is 1. The Hall–Kier alpha value is -2.57. The summed E-state index contributed by atoms with van der Waals surface area (Å²) in [4.78, 5) is 33.9. The molecule has 0 unspecified atom stereocenters. The SMILES string of the molecule is CC(C)(C)C(=O)NCC(=O)Nc1ccc(OCCCC(=O)O)cc1. The van der Waals surface area contributed by atoms with Crippen LogP contribution in [-0.2, 0) is 14.4 Å². The van der Waals surface area contributed by atoms with Crippen molar-refractivity contribution in [3.05, 3.63) is 24.3 Å². The quantitative estimate of drug-likeness (QED) is 0.630. The third-order valence-electron chi connectivity index (χ3n) is 3.03. The summed E-state index contributed by atoms with van der Waals surface area (Å²) >= 11 is 0. The van der Waals surface area contributed by atoms with E-state index in [1.54, 1.807) is 45.0 Å². The summed E-state index contributed by atoms with van der Waals surface area (Å²) in [7, 11) is 0. The number of carboxylic acid groups (broad SMARTS) is 1. The molecule has 0 aliphatic heterocycles. The third-order valence-corrected chi connectivity index (χ3v) is 3.03. The Labute approximate surface area is 141 Å². The van der Waals surface area contributed by atoms with Crippen molar-refractivity contribution in [1.29, 1.82) is 0 Å². The first kappa shape index (κ1) is 19.5. The molecule has 1 aromatic carbocycles. The van der Waals surface area contributed by atoms with Gasteiger partial charge in [-0.2, -0.15) is 0 Å². The van der Waals surface area contributed by atoms with E-state index < -0.39 is 11.4 Å². The van der Waals surface area contributed by atoms with Gasteiger partial charge in [-0.15, -0.1) is 0 Å². The van der Waals surface area contributed by atoms with Crippen molar-refractivity contribution in [3.8, 4) is 5.75 Å². The van der Waals surface area contributed by atoms with E-state index >= 15 is 0 Å². The minimum Gasteiger partial charge on any atom is -0.494 e. The molecule has 0 aliphatic carbocycles. The smallest absolute Gasteiger partial charge is 0.303 e. The van der Waals surface area contributed by atoms with Crippen LogP contribution < -0.4 is 15.4 Å². The number of benzene rings is 1. The number of hydrogen-bond acceptors (Lipinski definition) is 4. The minimum absolute atomic E-state index is 0.0639. The lowest BCUT2D eigenvalue weighted by atomic mass is 9.96. The molecule has 0 saturated heterocycles. The van der Waals surface area contributed by atoms with E-state index in [0.29, 0.717) is 24.5 Å². The molecule has 132 valence electrons. The summed E-state index contributed by atoms with van der Waals surface area (Å²) < 4.78 is 5.40. The van der Waals surface area contributed by atoms with Crippen molar-refractivity contribution in [2.24, 2.45) is 5.41 Å². The molecule has 7 nitrogen and oxygen atoms in total. The zero-order chi connectivity index (χ0) is 18.2. The number of carbonyl (C=O) groups excluding carboxylic acids is 2. The lowest BCUT2D eigenvalue weighted by molar-refractivity contribution is -0.137. The number of amides is 2. The van der Waals surface area contributed by atoms with Gasteiger partial charge in [0.15, 0.2) is 0 Å². The molecule has 0 atom stereocenters. The fraction of sp³-hybridized carbons (Fsp3) is 0.471. The van der Waals surface area contributed by atoms with Crippen LogP contribution in [0.25, 0.3) is 0 Å². The van der Waals surface area contributed by atoms with E-state index in [2.05, 4.69) is 10.6 Å². The molecule has 0 aliphatic rings. The van der Waals surface area contributed by atoms with Gasteiger partial charge in [-0.3, -0.25) is 14.4 Å². The second kappa shape index (κ2) is 8.90. The first-order valence-corrected chi connectivity index (χ1v) is 7.71. The van der Waals surface area contributed by atoms with Crippen molar-refractivity contribution < 1.29 is 24.2 Å². The van der Waals surface area contributed by atoms with Gasteiger partial charge in [-0.1, -0.05) is 20.8 Å². The normalized spacial score (nSPS) is 10.8. The van der Waals surface area contributed by atoms with E-state index in [4.69, 9.17) is 9.84 Å². The minimum atomic E-state index is -0.852. The molecule has 1 aromatic rings. The van der Waals surface area contributed by atoms with Gasteiger partial charge in [0.2, 0.25) is 11.8 Å². The largest absolute Gasteiger partial charge is 0.494 e. The first-order chi connectivity index (χ1) is 11.2. The topological polar surface area (TPSA) is 105 Å². The van der Waals surface area contributed by atoms with Gasteiger partial charge in [0.25, 0.3) is 0 Å². The highest BCUT2D eigenvalue weighted by molar-refractivity contribution is 5.95. The monoisotopic (exact) mass is 336 g/mol. The Bertz CT molecular complexity index is 576. The molecule has 0 fully saturated rings.